The van der Waals surface area contributed by atoms with E-state index in [4.69, 9.17) is 10.5 Å². The summed E-state index contributed by atoms with van der Waals surface area (Å²) in [5.74, 6) is -1.17. The molecule has 0 saturated heterocycles. The normalized spacial score (nSPS) is 12.7. The number of rotatable bonds is 4. The van der Waals surface area contributed by atoms with Gasteiger partial charge in [-0.2, -0.15) is 0 Å². The Morgan fingerprint density at radius 3 is 2.21 bits per heavy atom. The summed E-state index contributed by atoms with van der Waals surface area (Å²) < 4.78 is 0. The molecule has 4 nitrogen and oxygen atoms in total. The summed E-state index contributed by atoms with van der Waals surface area (Å²) in [7, 11) is 0. The molecule has 0 spiro atoms. The molecule has 0 saturated carbocycles. The average molecular weight is 198 g/mol. The lowest BCUT2D eigenvalue weighted by atomic mass is 10.1. The van der Waals surface area contributed by atoms with E-state index in [2.05, 4.69) is 4.99 Å². The first kappa shape index (κ1) is 12.8. The molecule has 0 bridgehead atoms. The van der Waals surface area contributed by atoms with Gasteiger partial charge in [0.05, 0.1) is 5.54 Å². The highest BCUT2D eigenvalue weighted by molar-refractivity contribution is 6.38. The molecule has 0 rings (SSSR count). The van der Waals surface area contributed by atoms with Gasteiger partial charge in [-0.05, 0) is 27.2 Å². The minimum Gasteiger partial charge on any atom is -0.477 e. The zero-order chi connectivity index (χ0) is 11.4. The zero-order valence-electron chi connectivity index (χ0n) is 9.22. The molecule has 0 radical (unpaired) electrons. The maximum absolute atomic E-state index is 10.4. The summed E-state index contributed by atoms with van der Waals surface area (Å²) in [4.78, 5) is 14.8. The second-order valence-electron chi connectivity index (χ2n) is 4.16. The maximum Gasteiger partial charge on any atom is 0.349 e. The molecule has 0 atom stereocenters. The van der Waals surface area contributed by atoms with Gasteiger partial charge in [0.1, 0.15) is 5.71 Å². The lowest BCUT2D eigenvalue weighted by molar-refractivity contribution is -0.129. The van der Waals surface area contributed by atoms with Crippen molar-refractivity contribution < 1.29 is 9.90 Å². The van der Waals surface area contributed by atoms with E-state index >= 15 is 0 Å². The van der Waals surface area contributed by atoms with Crippen LogP contribution in [0.4, 0.5) is 0 Å². The van der Waals surface area contributed by atoms with E-state index in [9.17, 15) is 4.79 Å². The second kappa shape index (κ2) is 4.88. The first-order chi connectivity index (χ1) is 6.26. The number of carbonyl (C=O) groups is 1. The van der Waals surface area contributed by atoms with E-state index in [0.29, 0.717) is 6.42 Å². The number of aliphatic carboxylic acids is 1. The molecule has 2 N–H and O–H groups in total. The van der Waals surface area contributed by atoms with E-state index < -0.39 is 5.97 Å². The van der Waals surface area contributed by atoms with Gasteiger partial charge in [-0.25, -0.2) is 4.79 Å². The first-order valence-electron chi connectivity index (χ1n) is 4.64. The number of hydrogen-bond acceptors (Lipinski definition) is 3. The molecule has 0 unspecified atom stereocenters. The maximum atomic E-state index is 10.4. The van der Waals surface area contributed by atoms with Gasteiger partial charge in [0, 0.05) is 12.1 Å². The van der Waals surface area contributed by atoms with E-state index in [1.807, 2.05) is 27.7 Å². The summed E-state index contributed by atoms with van der Waals surface area (Å²) in [6.45, 7) is 7.77. The van der Waals surface area contributed by atoms with Crippen molar-refractivity contribution in [3.05, 3.63) is 0 Å². The van der Waals surface area contributed by atoms with Crippen LogP contribution >= 0.6 is 0 Å². The van der Waals surface area contributed by atoms with Crippen LogP contribution in [-0.2, 0) is 4.79 Å². The van der Waals surface area contributed by atoms with Crippen LogP contribution in [0.3, 0.4) is 0 Å². The molecule has 4 heteroatoms. The molecule has 0 fully saturated rings. The third kappa shape index (κ3) is 5.45. The van der Waals surface area contributed by atoms with Gasteiger partial charge >= 0.3 is 5.97 Å². The molecule has 0 aromatic rings. The third-order valence-electron chi connectivity index (χ3n) is 1.54. The van der Waals surface area contributed by atoms with E-state index in [1.54, 1.807) is 0 Å². The Kier molecular flexibility index (Phi) is 4.47. The average Bonchev–Trinajstić information content (AvgIpc) is 2.00. The molecule has 0 aliphatic heterocycles. The number of carboxylic acids is 1. The number of carboxylic acid groups (broad SMARTS) is 1. The van der Waals surface area contributed by atoms with E-state index in [-0.39, 0.29) is 17.7 Å². The summed E-state index contributed by atoms with van der Waals surface area (Å²) in [5, 5.41) is 15.7. The van der Waals surface area contributed by atoms with Crippen molar-refractivity contribution in [2.24, 2.45) is 4.99 Å². The van der Waals surface area contributed by atoms with E-state index in [1.165, 1.54) is 0 Å². The Bertz CT molecular complexity index is 262. The van der Waals surface area contributed by atoms with Gasteiger partial charge in [-0.1, -0.05) is 6.92 Å². The first-order valence-corrected chi connectivity index (χ1v) is 4.64. The summed E-state index contributed by atoms with van der Waals surface area (Å²) in [5.41, 5.74) is 0.268. The predicted molar refractivity (Wildman–Crippen MR) is 57.5 cm³/mol. The van der Waals surface area contributed by atoms with Crippen molar-refractivity contribution >= 4 is 17.4 Å². The van der Waals surface area contributed by atoms with Crippen LogP contribution < -0.4 is 0 Å². The number of hydrogen-bond donors (Lipinski definition) is 2. The van der Waals surface area contributed by atoms with Crippen molar-refractivity contribution in [3.8, 4) is 0 Å². The van der Waals surface area contributed by atoms with Crippen LogP contribution in [0, 0.1) is 5.41 Å². The highest BCUT2D eigenvalue weighted by Gasteiger charge is 2.13. The molecular formula is C10H18N2O2. The summed E-state index contributed by atoms with van der Waals surface area (Å²) in [6, 6.07) is 0. The molecule has 0 amide bonds. The second-order valence-corrected chi connectivity index (χ2v) is 4.16. The smallest absolute Gasteiger partial charge is 0.349 e. The molecule has 14 heavy (non-hydrogen) atoms. The van der Waals surface area contributed by atoms with Crippen molar-refractivity contribution in [1.29, 1.82) is 5.41 Å². The van der Waals surface area contributed by atoms with Gasteiger partial charge < -0.3 is 5.11 Å². The molecule has 0 aromatic heterocycles. The van der Waals surface area contributed by atoms with Crippen LogP contribution in [0.5, 0.6) is 0 Å². The number of aliphatic imine (C=N–C) groups is 1. The molecule has 0 heterocycles. The molecule has 0 aliphatic rings. The topological polar surface area (TPSA) is 73.5 Å². The Balaban J connectivity index is 4.53. The Morgan fingerprint density at radius 2 is 1.93 bits per heavy atom. The van der Waals surface area contributed by atoms with Gasteiger partial charge in [-0.15, -0.1) is 0 Å². The monoisotopic (exact) mass is 198 g/mol. The lowest BCUT2D eigenvalue weighted by Gasteiger charge is -2.15. The Hall–Kier alpha value is -1.19. The van der Waals surface area contributed by atoms with Crippen LogP contribution in [-0.4, -0.2) is 28.0 Å². The zero-order valence-corrected chi connectivity index (χ0v) is 9.22. The van der Waals surface area contributed by atoms with Crippen molar-refractivity contribution in [1.82, 2.24) is 0 Å². The summed E-state index contributed by atoms with van der Waals surface area (Å²) in [6.07, 6.45) is 0.829. The lowest BCUT2D eigenvalue weighted by Crippen LogP contribution is -2.20. The highest BCUT2D eigenvalue weighted by Crippen LogP contribution is 2.09. The highest BCUT2D eigenvalue weighted by atomic mass is 16.4. The largest absolute Gasteiger partial charge is 0.477 e. The van der Waals surface area contributed by atoms with Crippen molar-refractivity contribution in [3.63, 3.8) is 0 Å². The fraction of sp³-hybridized carbons (Fsp3) is 0.700. The molecular weight excluding hydrogens is 180 g/mol. The molecule has 0 aromatic carbocycles. The Morgan fingerprint density at radius 1 is 1.43 bits per heavy atom. The fourth-order valence-electron chi connectivity index (χ4n) is 0.998. The van der Waals surface area contributed by atoms with Crippen LogP contribution in [0.1, 0.15) is 40.5 Å². The van der Waals surface area contributed by atoms with Gasteiger partial charge in [0.2, 0.25) is 0 Å². The van der Waals surface area contributed by atoms with E-state index in [0.717, 1.165) is 5.71 Å². The van der Waals surface area contributed by atoms with Crippen molar-refractivity contribution in [2.45, 2.75) is 46.1 Å². The number of nitrogens with one attached hydrogen (secondary N) is 1. The molecule has 0 aliphatic carbocycles. The van der Waals surface area contributed by atoms with Gasteiger partial charge in [0.25, 0.3) is 0 Å². The SMILES string of the molecule is CCC(CC(=N)C(=O)O)=NC(C)(C)C. The predicted octanol–water partition coefficient (Wildman–Crippen LogP) is 2.13. The summed E-state index contributed by atoms with van der Waals surface area (Å²) >= 11 is 0. The van der Waals surface area contributed by atoms with Crippen LogP contribution in [0.25, 0.3) is 0 Å². The van der Waals surface area contributed by atoms with Gasteiger partial charge in [-0.3, -0.25) is 10.4 Å². The minimum atomic E-state index is -1.17. The van der Waals surface area contributed by atoms with Crippen molar-refractivity contribution in [2.75, 3.05) is 0 Å². The molecule has 80 valence electrons. The minimum absolute atomic E-state index is 0.142. The standard InChI is InChI=1S/C10H18N2O2/c1-5-7(12-10(2,3)4)6-8(11)9(13)14/h11H,5-6H2,1-4H3,(H,13,14). The fourth-order valence-corrected chi connectivity index (χ4v) is 0.998. The third-order valence-corrected chi connectivity index (χ3v) is 1.54. The quantitative estimate of drug-likeness (QED) is 0.679. The van der Waals surface area contributed by atoms with Crippen LogP contribution in [0.15, 0.2) is 4.99 Å². The van der Waals surface area contributed by atoms with Gasteiger partial charge in [0.15, 0.2) is 0 Å². The van der Waals surface area contributed by atoms with Crippen LogP contribution in [0.2, 0.25) is 0 Å². The number of nitrogens with zero attached hydrogens (tertiary/aromatic N) is 1. The Labute approximate surface area is 84.6 Å².